The molecule has 186 valence electrons. The van der Waals surface area contributed by atoms with Gasteiger partial charge in [0, 0.05) is 36.6 Å². The van der Waals surface area contributed by atoms with Crippen molar-refractivity contribution in [3.05, 3.63) is 65.7 Å². The summed E-state index contributed by atoms with van der Waals surface area (Å²) in [7, 11) is -3.46. The Morgan fingerprint density at radius 2 is 1.91 bits per heavy atom. The monoisotopic (exact) mass is 496 g/mol. The number of benzene rings is 2. The van der Waals surface area contributed by atoms with Crippen LogP contribution >= 0.6 is 0 Å². The lowest BCUT2D eigenvalue weighted by atomic mass is 9.96. The number of hydrogen-bond donors (Lipinski definition) is 2. The highest BCUT2D eigenvalue weighted by atomic mass is 32.2. The molecule has 35 heavy (non-hydrogen) atoms. The Morgan fingerprint density at radius 3 is 2.60 bits per heavy atom. The fourth-order valence-electron chi connectivity index (χ4n) is 4.79. The lowest BCUT2D eigenvalue weighted by Gasteiger charge is -2.36. The number of sulfonamides is 1. The minimum Gasteiger partial charge on any atom is -0.372 e. The Hall–Kier alpha value is -3.01. The second-order valence-electron chi connectivity index (χ2n) is 9.10. The molecule has 0 radical (unpaired) electrons. The van der Waals surface area contributed by atoms with E-state index >= 15 is 0 Å². The molecule has 2 aromatic carbocycles. The van der Waals surface area contributed by atoms with Crippen LogP contribution in [0.3, 0.4) is 0 Å². The molecule has 2 N–H and O–H groups in total. The molecule has 1 atom stereocenters. The van der Waals surface area contributed by atoms with Gasteiger partial charge in [-0.15, -0.1) is 0 Å². The van der Waals surface area contributed by atoms with E-state index in [0.717, 1.165) is 50.8 Å². The van der Waals surface area contributed by atoms with E-state index in [2.05, 4.69) is 45.3 Å². The van der Waals surface area contributed by atoms with E-state index in [0.29, 0.717) is 30.8 Å². The predicted octanol–water partition coefficient (Wildman–Crippen LogP) is 3.12. The van der Waals surface area contributed by atoms with Crippen molar-refractivity contribution in [1.29, 1.82) is 0 Å². The topological polar surface area (TPSA) is 98.8 Å². The van der Waals surface area contributed by atoms with E-state index in [4.69, 9.17) is 0 Å². The van der Waals surface area contributed by atoms with Crippen LogP contribution in [0.15, 0.2) is 54.6 Å². The number of Topliss-reactive ketones (excluding diaryl/α,β-unsaturated/α-hetero) is 1. The van der Waals surface area contributed by atoms with Crippen LogP contribution in [0.1, 0.15) is 36.4 Å². The van der Waals surface area contributed by atoms with Gasteiger partial charge < -0.3 is 5.32 Å². The molecule has 2 aromatic rings. The Balaban J connectivity index is 1.34. The first-order valence-corrected chi connectivity index (χ1v) is 13.8. The summed E-state index contributed by atoms with van der Waals surface area (Å²) >= 11 is 0. The number of hydrogen-bond acceptors (Lipinski definition) is 7. The highest BCUT2D eigenvalue weighted by Crippen LogP contribution is 2.35. The first kappa shape index (κ1) is 25.1. The quantitative estimate of drug-likeness (QED) is 0.296. The van der Waals surface area contributed by atoms with Gasteiger partial charge in [0.05, 0.1) is 12.9 Å². The minimum absolute atomic E-state index is 0.355. The van der Waals surface area contributed by atoms with Crippen LogP contribution in [0, 0.1) is 0 Å². The molecular weight excluding hydrogens is 464 g/mol. The number of unbranched alkanes of at least 4 members (excludes halogenated alkanes) is 1. The number of nitrogens with zero attached hydrogens (tertiary/aromatic N) is 2. The fraction of sp³-hybridized carbons (Fsp3) is 0.385. The van der Waals surface area contributed by atoms with Gasteiger partial charge in [0.25, 0.3) is 0 Å². The second kappa shape index (κ2) is 11.2. The summed E-state index contributed by atoms with van der Waals surface area (Å²) in [6.07, 6.45) is 6.64. The van der Waals surface area contributed by atoms with Gasteiger partial charge in [0.1, 0.15) is 6.04 Å². The molecule has 0 amide bonds. The highest BCUT2D eigenvalue weighted by molar-refractivity contribution is 7.92. The van der Waals surface area contributed by atoms with Crippen LogP contribution in [-0.4, -0.2) is 69.4 Å². The first-order chi connectivity index (χ1) is 16.8. The lowest BCUT2D eigenvalue weighted by molar-refractivity contribution is -0.133. The number of rotatable bonds is 10. The Labute approximate surface area is 207 Å². The number of anilines is 2. The molecule has 8 nitrogen and oxygen atoms in total. The molecule has 0 aromatic heterocycles. The van der Waals surface area contributed by atoms with Gasteiger partial charge in [-0.05, 0) is 55.1 Å². The Morgan fingerprint density at radius 1 is 1.14 bits per heavy atom. The molecule has 0 saturated carbocycles. The maximum absolute atomic E-state index is 12.6. The van der Waals surface area contributed by atoms with Crippen LogP contribution in [-0.2, 0) is 19.6 Å². The smallest absolute Gasteiger partial charge is 0.229 e. The van der Waals surface area contributed by atoms with E-state index in [1.54, 1.807) is 18.2 Å². The molecule has 0 bridgehead atoms. The number of ketones is 1. The second-order valence-corrected chi connectivity index (χ2v) is 10.8. The normalized spacial score (nSPS) is 18.8. The van der Waals surface area contributed by atoms with E-state index in [1.807, 2.05) is 11.0 Å². The zero-order valence-corrected chi connectivity index (χ0v) is 20.8. The van der Waals surface area contributed by atoms with E-state index < -0.39 is 21.8 Å². The van der Waals surface area contributed by atoms with Crippen molar-refractivity contribution >= 4 is 39.0 Å². The molecule has 1 unspecified atom stereocenters. The average Bonchev–Trinajstić information content (AvgIpc) is 2.85. The summed E-state index contributed by atoms with van der Waals surface area (Å²) in [5.41, 5.74) is 4.41. The van der Waals surface area contributed by atoms with Crippen molar-refractivity contribution in [2.24, 2.45) is 0 Å². The number of nitrogens with one attached hydrogen (secondary N) is 2. The number of carbonyl (C=O) groups is 2. The van der Waals surface area contributed by atoms with Crippen LogP contribution in [0.4, 0.5) is 11.4 Å². The maximum atomic E-state index is 12.6. The van der Waals surface area contributed by atoms with Crippen LogP contribution < -0.4 is 10.0 Å². The molecule has 4 rings (SSSR count). The molecule has 9 heteroatoms. The van der Waals surface area contributed by atoms with Gasteiger partial charge in [-0.2, -0.15) is 0 Å². The fourth-order valence-corrected chi connectivity index (χ4v) is 5.34. The SMILES string of the molecule is CS(=O)(=O)Nc1ccc2c(c1)C(C(=O)C=O)N(CCCCN1CC=C(c3ccccc3)CC1)CN2. The standard InChI is InChI=1S/C26H32N4O4S/c1-35(33,34)28-22-9-10-24-23(17-22)26(25(32)18-31)30(19-27-24)14-6-5-13-29-15-11-21(12-16-29)20-7-3-2-4-8-20/h2-4,7-11,17-18,26-28H,5-6,12-16,19H2,1H3. The molecule has 2 aliphatic heterocycles. The summed E-state index contributed by atoms with van der Waals surface area (Å²) in [4.78, 5) is 28.4. The largest absolute Gasteiger partial charge is 0.372 e. The lowest BCUT2D eigenvalue weighted by Crippen LogP contribution is -2.42. The van der Waals surface area contributed by atoms with Crippen molar-refractivity contribution in [2.75, 3.05) is 49.1 Å². The molecule has 0 fully saturated rings. The number of aldehydes is 1. The summed E-state index contributed by atoms with van der Waals surface area (Å²) in [5.74, 6) is -0.529. The molecule has 0 spiro atoms. The summed E-state index contributed by atoms with van der Waals surface area (Å²) in [5, 5.41) is 3.28. The number of fused-ring (bicyclic) bond motifs is 1. The molecule has 0 aliphatic carbocycles. The summed E-state index contributed by atoms with van der Waals surface area (Å²) < 4.78 is 25.7. The van der Waals surface area contributed by atoms with E-state index in [9.17, 15) is 18.0 Å². The van der Waals surface area contributed by atoms with Crippen molar-refractivity contribution in [1.82, 2.24) is 9.80 Å². The average molecular weight is 497 g/mol. The third-order valence-electron chi connectivity index (χ3n) is 6.48. The Kier molecular flexibility index (Phi) is 8.00. The van der Waals surface area contributed by atoms with Gasteiger partial charge in [-0.25, -0.2) is 8.42 Å². The van der Waals surface area contributed by atoms with Crippen LogP contribution in [0.5, 0.6) is 0 Å². The van der Waals surface area contributed by atoms with Crippen molar-refractivity contribution < 1.29 is 18.0 Å². The van der Waals surface area contributed by atoms with Gasteiger partial charge in [-0.1, -0.05) is 36.4 Å². The minimum atomic E-state index is -3.46. The third-order valence-corrected chi connectivity index (χ3v) is 7.09. The highest BCUT2D eigenvalue weighted by Gasteiger charge is 2.32. The van der Waals surface area contributed by atoms with Crippen molar-refractivity contribution in [2.45, 2.75) is 25.3 Å². The van der Waals surface area contributed by atoms with Gasteiger partial charge in [0.2, 0.25) is 15.8 Å². The predicted molar refractivity (Wildman–Crippen MR) is 139 cm³/mol. The van der Waals surface area contributed by atoms with Gasteiger partial charge >= 0.3 is 0 Å². The summed E-state index contributed by atoms with van der Waals surface area (Å²) in [6.45, 7) is 4.04. The molecule has 2 aliphatic rings. The first-order valence-electron chi connectivity index (χ1n) is 11.9. The van der Waals surface area contributed by atoms with Crippen LogP contribution in [0.25, 0.3) is 5.57 Å². The van der Waals surface area contributed by atoms with Crippen LogP contribution in [0.2, 0.25) is 0 Å². The summed E-state index contributed by atoms with van der Waals surface area (Å²) in [6, 6.07) is 14.8. The van der Waals surface area contributed by atoms with Crippen molar-refractivity contribution in [3.63, 3.8) is 0 Å². The Bertz CT molecular complexity index is 1200. The zero-order chi connectivity index (χ0) is 24.8. The van der Waals surface area contributed by atoms with Crippen molar-refractivity contribution in [3.8, 4) is 0 Å². The molecule has 0 saturated heterocycles. The van der Waals surface area contributed by atoms with Gasteiger partial charge in [0.15, 0.2) is 6.29 Å². The molecule has 2 heterocycles. The maximum Gasteiger partial charge on any atom is 0.229 e. The zero-order valence-electron chi connectivity index (χ0n) is 19.9. The van der Waals surface area contributed by atoms with E-state index in [1.165, 1.54) is 11.1 Å². The van der Waals surface area contributed by atoms with E-state index in [-0.39, 0.29) is 0 Å². The molecular formula is C26H32N4O4S. The van der Waals surface area contributed by atoms with Gasteiger partial charge in [-0.3, -0.25) is 24.1 Å². The number of carbonyl (C=O) groups excluding carboxylic acids is 2. The third kappa shape index (κ3) is 6.56.